The van der Waals surface area contributed by atoms with Gasteiger partial charge in [-0.1, -0.05) is 13.8 Å². The van der Waals surface area contributed by atoms with E-state index in [2.05, 4.69) is 36.3 Å². The number of nitrogens with zero attached hydrogens (tertiary/aromatic N) is 2. The lowest BCUT2D eigenvalue weighted by atomic mass is 10.1. The molecular weight excluding hydrogens is 126 g/mol. The number of hydrazone groups is 1. The van der Waals surface area contributed by atoms with Crippen LogP contribution in [0, 0.1) is 5.92 Å². The highest BCUT2D eigenvalue weighted by Crippen LogP contribution is 2.06. The fourth-order valence-electron chi connectivity index (χ4n) is 0.976. The molecule has 1 heterocycles. The molecule has 58 valence electrons. The van der Waals surface area contributed by atoms with Gasteiger partial charge in [0.2, 0.25) is 0 Å². The Kier molecular flexibility index (Phi) is 2.14. The van der Waals surface area contributed by atoms with E-state index in [-0.39, 0.29) is 0 Å². The maximum atomic E-state index is 4.15. The Morgan fingerprint density at radius 1 is 1.70 bits per heavy atom. The van der Waals surface area contributed by atoms with Gasteiger partial charge >= 0.3 is 0 Å². The number of amidine groups is 1. The predicted molar refractivity (Wildman–Crippen MR) is 42.7 cm³/mol. The molecule has 0 unspecified atom stereocenters. The van der Waals surface area contributed by atoms with Gasteiger partial charge in [-0.25, -0.2) is 0 Å². The monoisotopic (exact) mass is 141 g/mol. The molecule has 10 heavy (non-hydrogen) atoms. The Hall–Kier alpha value is -0.730. The van der Waals surface area contributed by atoms with Gasteiger partial charge < -0.3 is 4.90 Å². The van der Waals surface area contributed by atoms with E-state index in [4.69, 9.17) is 0 Å². The molecule has 0 aromatic rings. The summed E-state index contributed by atoms with van der Waals surface area (Å²) in [5.74, 6) is 1.87. The van der Waals surface area contributed by atoms with Crippen molar-refractivity contribution in [1.29, 1.82) is 0 Å². The molecule has 1 N–H and O–H groups in total. The molecule has 1 aliphatic heterocycles. The Morgan fingerprint density at radius 3 is 2.80 bits per heavy atom. The summed E-state index contributed by atoms with van der Waals surface area (Å²) in [7, 11) is 2.06. The first-order valence-electron chi connectivity index (χ1n) is 3.70. The molecule has 0 aromatic carbocycles. The van der Waals surface area contributed by atoms with Gasteiger partial charge in [0, 0.05) is 13.5 Å². The maximum Gasteiger partial charge on any atom is 0.126 e. The number of nitrogens with one attached hydrogen (secondary N) is 1. The Labute approximate surface area is 62.1 Å². The van der Waals surface area contributed by atoms with E-state index in [0.29, 0.717) is 5.92 Å². The van der Waals surface area contributed by atoms with Gasteiger partial charge in [-0.3, -0.25) is 5.43 Å². The van der Waals surface area contributed by atoms with Crippen molar-refractivity contribution in [2.75, 3.05) is 13.7 Å². The van der Waals surface area contributed by atoms with Crippen LogP contribution in [-0.2, 0) is 0 Å². The van der Waals surface area contributed by atoms with Crippen LogP contribution in [0.15, 0.2) is 5.10 Å². The summed E-state index contributed by atoms with van der Waals surface area (Å²) in [5.41, 5.74) is 2.94. The third-order valence-corrected chi connectivity index (χ3v) is 1.55. The summed E-state index contributed by atoms with van der Waals surface area (Å²) in [6, 6.07) is 0. The molecule has 3 heteroatoms. The lowest BCUT2D eigenvalue weighted by molar-refractivity contribution is 0.489. The average Bonchev–Trinajstić information content (AvgIpc) is 2.15. The fourth-order valence-corrected chi connectivity index (χ4v) is 0.976. The highest BCUT2D eigenvalue weighted by Gasteiger charge is 2.12. The summed E-state index contributed by atoms with van der Waals surface area (Å²) in [6.07, 6.45) is 1.07. The minimum Gasteiger partial charge on any atom is -0.343 e. The van der Waals surface area contributed by atoms with E-state index in [1.165, 1.54) is 5.84 Å². The molecule has 0 atom stereocenters. The largest absolute Gasteiger partial charge is 0.343 e. The van der Waals surface area contributed by atoms with Gasteiger partial charge in [0.15, 0.2) is 0 Å². The molecule has 1 rings (SSSR count). The van der Waals surface area contributed by atoms with Crippen LogP contribution in [0.2, 0.25) is 0 Å². The molecule has 0 saturated carbocycles. The van der Waals surface area contributed by atoms with E-state index < -0.39 is 0 Å². The summed E-state index contributed by atoms with van der Waals surface area (Å²) in [4.78, 5) is 2.14. The Morgan fingerprint density at radius 2 is 2.40 bits per heavy atom. The second kappa shape index (κ2) is 2.90. The lowest BCUT2D eigenvalue weighted by Crippen LogP contribution is -2.25. The molecule has 0 saturated heterocycles. The normalized spacial score (nSPS) is 17.6. The van der Waals surface area contributed by atoms with Gasteiger partial charge in [0.25, 0.3) is 0 Å². The molecule has 0 aromatic heterocycles. The van der Waals surface area contributed by atoms with E-state index in [1.807, 2.05) is 0 Å². The van der Waals surface area contributed by atoms with Crippen LogP contribution in [0.5, 0.6) is 0 Å². The van der Waals surface area contributed by atoms with Crippen LogP contribution >= 0.6 is 0 Å². The maximum absolute atomic E-state index is 4.15. The molecule has 0 spiro atoms. The molecule has 1 aliphatic rings. The summed E-state index contributed by atoms with van der Waals surface area (Å²) in [6.45, 7) is 5.27. The minimum absolute atomic E-state index is 0.695. The van der Waals surface area contributed by atoms with E-state index >= 15 is 0 Å². The third-order valence-electron chi connectivity index (χ3n) is 1.55. The molecular formula is C7H15N3. The van der Waals surface area contributed by atoms with E-state index in [1.54, 1.807) is 0 Å². The predicted octanol–water partition coefficient (Wildman–Crippen LogP) is 0.839. The smallest absolute Gasteiger partial charge is 0.126 e. The van der Waals surface area contributed by atoms with Crippen LogP contribution in [-0.4, -0.2) is 24.5 Å². The zero-order chi connectivity index (χ0) is 7.56. The van der Waals surface area contributed by atoms with Crippen molar-refractivity contribution < 1.29 is 0 Å². The zero-order valence-electron chi connectivity index (χ0n) is 6.89. The second-order valence-corrected chi connectivity index (χ2v) is 3.14. The number of rotatable bonds is 2. The lowest BCUT2D eigenvalue weighted by Gasteiger charge is -2.13. The van der Waals surface area contributed by atoms with Crippen LogP contribution in [0.25, 0.3) is 0 Å². The van der Waals surface area contributed by atoms with Gasteiger partial charge in [-0.15, -0.1) is 0 Å². The number of hydrogen-bond acceptors (Lipinski definition) is 3. The molecule has 3 nitrogen and oxygen atoms in total. The highest BCUT2D eigenvalue weighted by atomic mass is 15.5. The van der Waals surface area contributed by atoms with Gasteiger partial charge in [-0.05, 0) is 5.92 Å². The van der Waals surface area contributed by atoms with Gasteiger partial charge in [0.1, 0.15) is 12.5 Å². The van der Waals surface area contributed by atoms with Crippen molar-refractivity contribution in [2.45, 2.75) is 20.3 Å². The second-order valence-electron chi connectivity index (χ2n) is 3.14. The van der Waals surface area contributed by atoms with Crippen molar-refractivity contribution in [1.82, 2.24) is 10.3 Å². The molecule has 0 bridgehead atoms. The quantitative estimate of drug-likeness (QED) is 0.617. The van der Waals surface area contributed by atoms with Crippen LogP contribution in [0.4, 0.5) is 0 Å². The van der Waals surface area contributed by atoms with Crippen LogP contribution in [0.1, 0.15) is 20.3 Å². The van der Waals surface area contributed by atoms with Crippen LogP contribution < -0.4 is 5.43 Å². The fraction of sp³-hybridized carbons (Fsp3) is 0.857. The van der Waals surface area contributed by atoms with Crippen molar-refractivity contribution in [3.8, 4) is 0 Å². The van der Waals surface area contributed by atoms with Gasteiger partial charge in [-0.2, -0.15) is 5.10 Å². The van der Waals surface area contributed by atoms with Crippen molar-refractivity contribution in [2.24, 2.45) is 11.0 Å². The number of hydrogen-bond donors (Lipinski definition) is 1. The summed E-state index contributed by atoms with van der Waals surface area (Å²) in [5, 5.41) is 4.15. The van der Waals surface area contributed by atoms with Crippen molar-refractivity contribution >= 4 is 5.84 Å². The zero-order valence-corrected chi connectivity index (χ0v) is 6.89. The SMILES string of the molecule is CC(C)CC1=NNCN1C. The first-order valence-corrected chi connectivity index (χ1v) is 3.70. The minimum atomic E-state index is 0.695. The summed E-state index contributed by atoms with van der Waals surface area (Å²) >= 11 is 0. The first kappa shape index (κ1) is 7.38. The standard InChI is InChI=1S/C7H15N3/c1-6(2)4-7-9-8-5-10(7)3/h6,8H,4-5H2,1-3H3. The first-order chi connectivity index (χ1) is 4.70. The van der Waals surface area contributed by atoms with Gasteiger partial charge in [0.05, 0.1) is 0 Å². The van der Waals surface area contributed by atoms with Crippen LogP contribution in [0.3, 0.4) is 0 Å². The topological polar surface area (TPSA) is 27.6 Å². The van der Waals surface area contributed by atoms with Crippen molar-refractivity contribution in [3.63, 3.8) is 0 Å². The van der Waals surface area contributed by atoms with Crippen molar-refractivity contribution in [3.05, 3.63) is 0 Å². The molecule has 0 fully saturated rings. The van der Waals surface area contributed by atoms with E-state index in [9.17, 15) is 0 Å². The third kappa shape index (κ3) is 1.62. The van der Waals surface area contributed by atoms with E-state index in [0.717, 1.165) is 13.1 Å². The Balaban J connectivity index is 2.40. The highest BCUT2D eigenvalue weighted by molar-refractivity contribution is 5.83. The molecule has 0 radical (unpaired) electrons. The molecule has 0 aliphatic carbocycles. The molecule has 0 amide bonds. The Bertz CT molecular complexity index is 140. The average molecular weight is 141 g/mol. The summed E-state index contributed by atoms with van der Waals surface area (Å²) < 4.78 is 0.